The first-order chi connectivity index (χ1) is 12.4. The number of hydrogen-bond acceptors (Lipinski definition) is 5. The smallest absolute Gasteiger partial charge is 0.340 e. The lowest BCUT2D eigenvalue weighted by Crippen LogP contribution is -2.30. The van der Waals surface area contributed by atoms with Crippen LogP contribution in [0.25, 0.3) is 10.9 Å². The highest BCUT2D eigenvalue weighted by Gasteiger charge is 2.18. The molecule has 0 spiro atoms. The number of carbonyl (C=O) groups is 2. The van der Waals surface area contributed by atoms with Crippen LogP contribution >= 0.6 is 0 Å². The summed E-state index contributed by atoms with van der Waals surface area (Å²) >= 11 is 0. The number of aryl methyl sites for hydroxylation is 2. The van der Waals surface area contributed by atoms with E-state index in [2.05, 4.69) is 10.3 Å². The number of nitrogens with zero attached hydrogens (tertiary/aromatic N) is 1. The number of para-hydroxylation sites is 1. The van der Waals surface area contributed by atoms with Crippen LogP contribution < -0.4 is 5.32 Å². The number of pyridine rings is 1. The molecule has 140 valence electrons. The number of fused-ring (bicyclic) bond motifs is 1. The van der Waals surface area contributed by atoms with E-state index in [0.717, 1.165) is 16.5 Å². The van der Waals surface area contributed by atoms with Crippen LogP contribution in [0.15, 0.2) is 24.3 Å². The van der Waals surface area contributed by atoms with Crippen molar-refractivity contribution in [3.8, 4) is 0 Å². The summed E-state index contributed by atoms with van der Waals surface area (Å²) < 4.78 is 10.6. The molecule has 26 heavy (non-hydrogen) atoms. The van der Waals surface area contributed by atoms with Crippen LogP contribution in [0, 0.1) is 13.8 Å². The number of esters is 1. The monoisotopic (exact) mass is 358 g/mol. The molecule has 1 aromatic heterocycles. The molecule has 2 rings (SSSR count). The van der Waals surface area contributed by atoms with Gasteiger partial charge in [0, 0.05) is 18.5 Å². The third kappa shape index (κ3) is 5.26. The van der Waals surface area contributed by atoms with Crippen molar-refractivity contribution in [1.82, 2.24) is 10.3 Å². The fraction of sp³-hybridized carbons (Fsp3) is 0.450. The summed E-state index contributed by atoms with van der Waals surface area (Å²) in [6.07, 6.45) is 0.888. The van der Waals surface area contributed by atoms with Gasteiger partial charge in [-0.25, -0.2) is 4.79 Å². The molecule has 0 unspecified atom stereocenters. The number of aromatic nitrogens is 1. The lowest BCUT2D eigenvalue weighted by atomic mass is 10.0. The summed E-state index contributed by atoms with van der Waals surface area (Å²) in [7, 11) is 0. The Labute approximate surface area is 153 Å². The van der Waals surface area contributed by atoms with Crippen molar-refractivity contribution in [1.29, 1.82) is 0 Å². The molecule has 0 saturated carbocycles. The van der Waals surface area contributed by atoms with Crippen LogP contribution in [0.1, 0.15) is 41.9 Å². The van der Waals surface area contributed by atoms with E-state index in [0.29, 0.717) is 30.8 Å². The van der Waals surface area contributed by atoms with Gasteiger partial charge in [0.1, 0.15) is 0 Å². The van der Waals surface area contributed by atoms with Gasteiger partial charge in [-0.1, -0.05) is 18.2 Å². The summed E-state index contributed by atoms with van der Waals surface area (Å²) in [5.74, 6) is -0.858. The fourth-order valence-electron chi connectivity index (χ4n) is 2.70. The third-order valence-corrected chi connectivity index (χ3v) is 3.97. The van der Waals surface area contributed by atoms with Gasteiger partial charge in [0.25, 0.3) is 5.91 Å². The van der Waals surface area contributed by atoms with E-state index < -0.39 is 5.97 Å². The highest BCUT2D eigenvalue weighted by atomic mass is 16.5. The lowest BCUT2D eigenvalue weighted by molar-refractivity contribution is -0.124. The molecule has 0 saturated heterocycles. The number of rotatable bonds is 8. The molecule has 0 bridgehead atoms. The zero-order valence-electron chi connectivity index (χ0n) is 15.8. The average molecular weight is 358 g/mol. The zero-order chi connectivity index (χ0) is 19.1. The molecule has 6 nitrogen and oxygen atoms in total. The maximum Gasteiger partial charge on any atom is 0.340 e. The minimum Gasteiger partial charge on any atom is -0.452 e. The van der Waals surface area contributed by atoms with Crippen molar-refractivity contribution < 1.29 is 19.1 Å². The Morgan fingerprint density at radius 2 is 1.92 bits per heavy atom. The highest BCUT2D eigenvalue weighted by Crippen LogP contribution is 2.23. The van der Waals surface area contributed by atoms with Gasteiger partial charge in [0.2, 0.25) is 0 Å². The Morgan fingerprint density at radius 1 is 1.19 bits per heavy atom. The standard InChI is InChI=1S/C20H26N2O4/c1-13(2)25-11-7-10-21-18(23)12-26-20(24)19-14(3)16-8-5-6-9-17(16)22-15(19)4/h5-6,8-9,13H,7,10-12H2,1-4H3,(H,21,23). The van der Waals surface area contributed by atoms with Crippen molar-refractivity contribution in [3.63, 3.8) is 0 Å². The van der Waals surface area contributed by atoms with E-state index in [-0.39, 0.29) is 18.6 Å². The zero-order valence-corrected chi connectivity index (χ0v) is 15.8. The summed E-state index contributed by atoms with van der Waals surface area (Å²) in [6.45, 7) is 8.31. The Hall–Kier alpha value is -2.47. The van der Waals surface area contributed by atoms with Crippen molar-refractivity contribution in [3.05, 3.63) is 41.1 Å². The van der Waals surface area contributed by atoms with E-state index in [1.807, 2.05) is 45.0 Å². The maximum absolute atomic E-state index is 12.4. The van der Waals surface area contributed by atoms with E-state index >= 15 is 0 Å². The fourth-order valence-corrected chi connectivity index (χ4v) is 2.70. The maximum atomic E-state index is 12.4. The molecule has 1 heterocycles. The van der Waals surface area contributed by atoms with Crippen molar-refractivity contribution in [2.75, 3.05) is 19.8 Å². The second-order valence-corrected chi connectivity index (χ2v) is 6.41. The van der Waals surface area contributed by atoms with Crippen LogP contribution in [-0.2, 0) is 14.3 Å². The van der Waals surface area contributed by atoms with E-state index in [1.165, 1.54) is 0 Å². The number of carbonyl (C=O) groups excluding carboxylic acids is 2. The number of amides is 1. The first-order valence-corrected chi connectivity index (χ1v) is 8.81. The molecule has 0 radical (unpaired) electrons. The van der Waals surface area contributed by atoms with Gasteiger partial charge in [0.15, 0.2) is 6.61 Å². The molecule has 2 aromatic rings. The number of hydrogen-bond donors (Lipinski definition) is 1. The van der Waals surface area contributed by atoms with Gasteiger partial charge >= 0.3 is 5.97 Å². The van der Waals surface area contributed by atoms with Gasteiger partial charge in [-0.15, -0.1) is 0 Å². The Bertz CT molecular complexity index is 787. The minimum absolute atomic E-state index is 0.175. The molecule has 0 aliphatic heterocycles. The summed E-state index contributed by atoms with van der Waals surface area (Å²) in [4.78, 5) is 28.7. The topological polar surface area (TPSA) is 77.5 Å². The van der Waals surface area contributed by atoms with Crippen molar-refractivity contribution >= 4 is 22.8 Å². The normalized spacial score (nSPS) is 11.0. The van der Waals surface area contributed by atoms with Crippen LogP contribution in [-0.4, -0.2) is 42.7 Å². The molecule has 1 N–H and O–H groups in total. The van der Waals surface area contributed by atoms with E-state index in [4.69, 9.17) is 9.47 Å². The molecular formula is C20H26N2O4. The molecule has 0 aliphatic rings. The largest absolute Gasteiger partial charge is 0.452 e. The quantitative estimate of drug-likeness (QED) is 0.580. The molecule has 0 aliphatic carbocycles. The van der Waals surface area contributed by atoms with E-state index in [9.17, 15) is 9.59 Å². The predicted octanol–water partition coefficient (Wildman–Crippen LogP) is 2.94. The van der Waals surface area contributed by atoms with Gasteiger partial charge in [-0.2, -0.15) is 0 Å². The van der Waals surface area contributed by atoms with Crippen molar-refractivity contribution in [2.45, 2.75) is 40.2 Å². The first kappa shape index (κ1) is 19.8. The van der Waals surface area contributed by atoms with Crippen molar-refractivity contribution in [2.24, 2.45) is 0 Å². The van der Waals surface area contributed by atoms with Crippen LogP contribution in [0.3, 0.4) is 0 Å². The van der Waals surface area contributed by atoms with Gasteiger partial charge < -0.3 is 14.8 Å². The molecular weight excluding hydrogens is 332 g/mol. The molecule has 1 aromatic carbocycles. The molecule has 6 heteroatoms. The predicted molar refractivity (Wildman–Crippen MR) is 100 cm³/mol. The summed E-state index contributed by atoms with van der Waals surface area (Å²) in [6, 6.07) is 7.63. The van der Waals surface area contributed by atoms with Crippen LogP contribution in [0.2, 0.25) is 0 Å². The molecule has 0 fully saturated rings. The number of benzene rings is 1. The Kier molecular flexibility index (Phi) is 7.09. The van der Waals surface area contributed by atoms with Crippen LogP contribution in [0.5, 0.6) is 0 Å². The molecule has 1 amide bonds. The number of ether oxygens (including phenoxy) is 2. The Morgan fingerprint density at radius 3 is 2.65 bits per heavy atom. The summed E-state index contributed by atoms with van der Waals surface area (Å²) in [5, 5.41) is 3.61. The number of nitrogens with one attached hydrogen (secondary N) is 1. The van der Waals surface area contributed by atoms with E-state index in [1.54, 1.807) is 6.92 Å². The second-order valence-electron chi connectivity index (χ2n) is 6.41. The average Bonchev–Trinajstić information content (AvgIpc) is 2.59. The Balaban J connectivity index is 1.90. The first-order valence-electron chi connectivity index (χ1n) is 8.81. The van der Waals surface area contributed by atoms with Gasteiger partial charge in [0.05, 0.1) is 22.9 Å². The lowest BCUT2D eigenvalue weighted by Gasteiger charge is -2.12. The minimum atomic E-state index is -0.531. The molecule has 0 atom stereocenters. The van der Waals surface area contributed by atoms with Gasteiger partial charge in [-0.3, -0.25) is 9.78 Å². The summed E-state index contributed by atoms with van der Waals surface area (Å²) in [5.41, 5.74) is 2.66. The highest BCUT2D eigenvalue weighted by molar-refractivity contribution is 5.99. The SMILES string of the molecule is Cc1nc2ccccc2c(C)c1C(=O)OCC(=O)NCCCOC(C)C. The van der Waals surface area contributed by atoms with Gasteiger partial charge in [-0.05, 0) is 45.7 Å². The second kappa shape index (κ2) is 9.29. The third-order valence-electron chi connectivity index (χ3n) is 3.97. The van der Waals surface area contributed by atoms with Crippen LogP contribution in [0.4, 0.5) is 0 Å².